The maximum Gasteiger partial charge on any atom is 0.328 e. The molecule has 0 aliphatic heterocycles. The smallest absolute Gasteiger partial charge is 0.295 e. The van der Waals surface area contributed by atoms with Crippen molar-refractivity contribution in [2.24, 2.45) is 14.1 Å². The normalized spacial score (nSPS) is 13.0. The minimum Gasteiger partial charge on any atom is -0.295 e. The SMILES string of the molecule is Cn1c(=O)n(C)c2c(C3=CC(c4cc(-c5ccccc5-c5ccccc5)nc(-c5ccc(-c6ccccc6)cc5)n4)=CCC3)cccc21. The molecule has 232 valence electrons. The molecular weight excluding hydrogens is 589 g/mol. The van der Waals surface area contributed by atoms with Gasteiger partial charge in [0.15, 0.2) is 5.82 Å². The van der Waals surface area contributed by atoms with Gasteiger partial charge in [-0.3, -0.25) is 9.13 Å². The number of hydrogen-bond donors (Lipinski definition) is 0. The number of rotatable bonds is 6. The lowest BCUT2D eigenvalue weighted by Gasteiger charge is -2.17. The second kappa shape index (κ2) is 12.3. The molecule has 0 bridgehead atoms. The van der Waals surface area contributed by atoms with E-state index in [9.17, 15) is 4.79 Å². The summed E-state index contributed by atoms with van der Waals surface area (Å²) in [5.41, 5.74) is 13.5. The Hall–Kier alpha value is -6.07. The lowest BCUT2D eigenvalue weighted by molar-refractivity contribution is 0.794. The quantitative estimate of drug-likeness (QED) is 0.186. The highest BCUT2D eigenvalue weighted by Crippen LogP contribution is 2.37. The fourth-order valence-corrected chi connectivity index (χ4v) is 6.81. The third-order valence-corrected chi connectivity index (χ3v) is 9.30. The Morgan fingerprint density at radius 1 is 0.562 bits per heavy atom. The van der Waals surface area contributed by atoms with Crippen LogP contribution in [0.4, 0.5) is 0 Å². The Morgan fingerprint density at radius 2 is 1.17 bits per heavy atom. The molecule has 0 saturated heterocycles. The van der Waals surface area contributed by atoms with Gasteiger partial charge in [-0.15, -0.1) is 0 Å². The Balaban J connectivity index is 1.28. The highest BCUT2D eigenvalue weighted by Gasteiger charge is 2.19. The van der Waals surface area contributed by atoms with Crippen LogP contribution in [0.15, 0.2) is 150 Å². The second-order valence-corrected chi connectivity index (χ2v) is 12.3. The number of aromatic nitrogens is 4. The Bertz CT molecular complexity index is 2410. The van der Waals surface area contributed by atoms with Crippen molar-refractivity contribution in [3.8, 4) is 44.9 Å². The van der Waals surface area contributed by atoms with Crippen molar-refractivity contribution in [3.63, 3.8) is 0 Å². The summed E-state index contributed by atoms with van der Waals surface area (Å²) in [4.78, 5) is 23.3. The summed E-state index contributed by atoms with van der Waals surface area (Å²) in [6.45, 7) is 0. The van der Waals surface area contributed by atoms with Crippen molar-refractivity contribution in [1.29, 1.82) is 0 Å². The molecule has 0 fully saturated rings. The van der Waals surface area contributed by atoms with Gasteiger partial charge in [0.25, 0.3) is 0 Å². The van der Waals surface area contributed by atoms with Gasteiger partial charge in [0, 0.05) is 30.8 Å². The van der Waals surface area contributed by atoms with E-state index in [2.05, 4.69) is 121 Å². The van der Waals surface area contributed by atoms with Crippen LogP contribution < -0.4 is 5.69 Å². The molecule has 0 radical (unpaired) electrons. The molecule has 8 rings (SSSR count). The fraction of sp³-hybridized carbons (Fsp3) is 0.0930. The van der Waals surface area contributed by atoms with Gasteiger partial charge in [0.1, 0.15) is 0 Å². The van der Waals surface area contributed by atoms with Crippen molar-refractivity contribution < 1.29 is 0 Å². The molecule has 1 aliphatic carbocycles. The number of para-hydroxylation sites is 1. The molecule has 0 unspecified atom stereocenters. The number of fused-ring (bicyclic) bond motifs is 1. The van der Waals surface area contributed by atoms with Crippen molar-refractivity contribution >= 4 is 22.2 Å². The molecule has 0 amide bonds. The molecule has 5 nitrogen and oxygen atoms in total. The van der Waals surface area contributed by atoms with Gasteiger partial charge in [-0.05, 0) is 64.5 Å². The number of allylic oxidation sites excluding steroid dienone is 4. The van der Waals surface area contributed by atoms with Gasteiger partial charge in [-0.1, -0.05) is 127 Å². The molecule has 0 spiro atoms. The topological polar surface area (TPSA) is 52.7 Å². The third kappa shape index (κ3) is 5.29. The van der Waals surface area contributed by atoms with Crippen LogP contribution >= 0.6 is 0 Å². The zero-order valence-corrected chi connectivity index (χ0v) is 27.0. The summed E-state index contributed by atoms with van der Waals surface area (Å²) in [5, 5.41) is 0. The van der Waals surface area contributed by atoms with Gasteiger partial charge in [0.2, 0.25) is 0 Å². The summed E-state index contributed by atoms with van der Waals surface area (Å²) in [6.07, 6.45) is 6.27. The van der Waals surface area contributed by atoms with Gasteiger partial charge >= 0.3 is 5.69 Å². The summed E-state index contributed by atoms with van der Waals surface area (Å²) in [6, 6.07) is 46.1. The van der Waals surface area contributed by atoms with Gasteiger partial charge in [0.05, 0.1) is 22.4 Å². The average Bonchev–Trinajstić information content (AvgIpc) is 3.39. The van der Waals surface area contributed by atoms with Crippen molar-refractivity contribution in [1.82, 2.24) is 19.1 Å². The lowest BCUT2D eigenvalue weighted by Crippen LogP contribution is -2.19. The van der Waals surface area contributed by atoms with Crippen LogP contribution in [0.1, 0.15) is 24.1 Å². The first-order valence-electron chi connectivity index (χ1n) is 16.3. The molecule has 2 aromatic heterocycles. The lowest BCUT2D eigenvalue weighted by atomic mass is 9.91. The molecule has 0 saturated carbocycles. The van der Waals surface area contributed by atoms with Crippen molar-refractivity contribution in [2.45, 2.75) is 12.8 Å². The first-order valence-corrected chi connectivity index (χ1v) is 16.3. The van der Waals surface area contributed by atoms with Crippen LogP contribution in [0.25, 0.3) is 67.1 Å². The highest BCUT2D eigenvalue weighted by molar-refractivity contribution is 5.95. The zero-order chi connectivity index (χ0) is 32.6. The maximum atomic E-state index is 12.9. The average molecular weight is 623 g/mol. The van der Waals surface area contributed by atoms with Gasteiger partial charge < -0.3 is 0 Å². The molecule has 5 heteroatoms. The number of benzene rings is 5. The molecule has 0 N–H and O–H groups in total. The van der Waals surface area contributed by atoms with E-state index in [1.165, 1.54) is 11.1 Å². The Labute approximate surface area is 279 Å². The van der Waals surface area contributed by atoms with E-state index < -0.39 is 0 Å². The summed E-state index contributed by atoms with van der Waals surface area (Å²) >= 11 is 0. The predicted molar refractivity (Wildman–Crippen MR) is 197 cm³/mol. The highest BCUT2D eigenvalue weighted by atomic mass is 16.1. The molecule has 7 aromatic rings. The molecule has 2 heterocycles. The zero-order valence-electron chi connectivity index (χ0n) is 27.0. The van der Waals surface area contributed by atoms with Crippen LogP contribution in [0.5, 0.6) is 0 Å². The van der Waals surface area contributed by atoms with E-state index in [1.807, 2.05) is 38.4 Å². The van der Waals surface area contributed by atoms with Gasteiger partial charge in [-0.25, -0.2) is 14.8 Å². The van der Waals surface area contributed by atoms with Gasteiger partial charge in [-0.2, -0.15) is 0 Å². The maximum absolute atomic E-state index is 12.9. The van der Waals surface area contributed by atoms with E-state index in [4.69, 9.17) is 9.97 Å². The molecule has 0 atom stereocenters. The second-order valence-electron chi connectivity index (χ2n) is 12.3. The molecule has 1 aliphatic rings. The Morgan fingerprint density at radius 3 is 1.92 bits per heavy atom. The molecule has 5 aromatic carbocycles. The largest absolute Gasteiger partial charge is 0.328 e. The van der Waals surface area contributed by atoms with Crippen molar-refractivity contribution in [2.75, 3.05) is 0 Å². The predicted octanol–water partition coefficient (Wildman–Crippen LogP) is 9.60. The summed E-state index contributed by atoms with van der Waals surface area (Å²) in [7, 11) is 3.68. The van der Waals surface area contributed by atoms with Crippen LogP contribution in [-0.2, 0) is 14.1 Å². The minimum atomic E-state index is -0.0231. The van der Waals surface area contributed by atoms with E-state index >= 15 is 0 Å². The third-order valence-electron chi connectivity index (χ3n) is 9.30. The van der Waals surface area contributed by atoms with Crippen LogP contribution in [0, 0.1) is 0 Å². The standard InChI is InChI=1S/C43H34N4O/c1-46-40-22-12-21-36(41(40)47(2)43(46)48)33-17-11-18-34(27-33)38-28-39(37-20-10-9-19-35(37)31-15-7-4-8-16-31)45-42(44-38)32-25-23-30(24-26-32)29-13-5-3-6-14-29/h3-10,12-16,18-28H,11,17H2,1-2H3. The first-order chi connectivity index (χ1) is 23.5. The number of hydrogen-bond acceptors (Lipinski definition) is 3. The van der Waals surface area contributed by atoms with E-state index in [-0.39, 0.29) is 5.69 Å². The fourth-order valence-electron chi connectivity index (χ4n) is 6.81. The first kappa shape index (κ1) is 29.3. The van der Waals surface area contributed by atoms with E-state index in [0.717, 1.165) is 74.2 Å². The monoisotopic (exact) mass is 622 g/mol. The van der Waals surface area contributed by atoms with Crippen LogP contribution in [0.2, 0.25) is 0 Å². The number of aryl methyl sites for hydroxylation is 2. The van der Waals surface area contributed by atoms with Crippen LogP contribution in [0.3, 0.4) is 0 Å². The summed E-state index contributed by atoms with van der Waals surface area (Å²) in [5.74, 6) is 0.680. The minimum absolute atomic E-state index is 0.0231. The van der Waals surface area contributed by atoms with Crippen LogP contribution in [-0.4, -0.2) is 19.1 Å². The molecular formula is C43H34N4O. The van der Waals surface area contributed by atoms with E-state index in [1.54, 1.807) is 9.13 Å². The number of imidazole rings is 1. The van der Waals surface area contributed by atoms with E-state index in [0.29, 0.717) is 5.82 Å². The molecule has 48 heavy (non-hydrogen) atoms. The number of nitrogens with zero attached hydrogens (tertiary/aromatic N) is 4. The Kier molecular flexibility index (Phi) is 7.50. The van der Waals surface area contributed by atoms with Crippen molar-refractivity contribution in [3.05, 3.63) is 167 Å². The summed E-state index contributed by atoms with van der Waals surface area (Å²) < 4.78 is 3.47.